The first kappa shape index (κ1) is 7.15. The third kappa shape index (κ3) is 1.26. The van der Waals surface area contributed by atoms with Crippen molar-refractivity contribution in [2.45, 2.75) is 26.7 Å². The molecule has 0 N–H and O–H groups in total. The molecule has 0 aromatic rings. The van der Waals surface area contributed by atoms with Crippen molar-refractivity contribution in [3.63, 3.8) is 0 Å². The number of hydrogen-bond donors (Lipinski definition) is 0. The van der Waals surface area contributed by atoms with Crippen molar-refractivity contribution in [3.05, 3.63) is 23.8 Å². The summed E-state index contributed by atoms with van der Waals surface area (Å²) < 4.78 is 0. The molecule has 0 heterocycles. The van der Waals surface area contributed by atoms with Gasteiger partial charge in [0.2, 0.25) is 0 Å². The molecule has 0 heteroatoms. The minimum atomic E-state index is 0.808. The topological polar surface area (TPSA) is 0 Å². The van der Waals surface area contributed by atoms with Crippen molar-refractivity contribution >= 4 is 0 Å². The van der Waals surface area contributed by atoms with Crippen LogP contribution in [0.5, 0.6) is 0 Å². The van der Waals surface area contributed by atoms with Gasteiger partial charge in [-0.1, -0.05) is 32.1 Å². The lowest BCUT2D eigenvalue weighted by molar-refractivity contribution is 0.446. The van der Waals surface area contributed by atoms with Crippen molar-refractivity contribution in [2.24, 2.45) is 17.8 Å². The molecular formula is C11H16. The predicted molar refractivity (Wildman–Crippen MR) is 48.3 cm³/mol. The van der Waals surface area contributed by atoms with E-state index < -0.39 is 0 Å². The van der Waals surface area contributed by atoms with E-state index in [0.29, 0.717) is 0 Å². The van der Waals surface area contributed by atoms with Gasteiger partial charge in [-0.05, 0) is 36.2 Å². The summed E-state index contributed by atoms with van der Waals surface area (Å²) in [6.07, 6.45) is 9.90. The Morgan fingerprint density at radius 3 is 2.73 bits per heavy atom. The van der Waals surface area contributed by atoms with E-state index in [1.807, 2.05) is 0 Å². The Hall–Kier alpha value is -0.520. The van der Waals surface area contributed by atoms with Crippen LogP contribution in [0, 0.1) is 17.8 Å². The SMILES string of the molecule is CC1C=CC2=C[C@H](C)CC2C1. The first-order valence-electron chi connectivity index (χ1n) is 4.65. The number of fused-ring (bicyclic) bond motifs is 1. The maximum atomic E-state index is 2.44. The zero-order chi connectivity index (χ0) is 7.84. The molecule has 0 aromatic heterocycles. The second-order valence-electron chi connectivity index (χ2n) is 4.15. The zero-order valence-corrected chi connectivity index (χ0v) is 7.38. The Morgan fingerprint density at radius 1 is 1.18 bits per heavy atom. The molecule has 0 nitrogen and oxygen atoms in total. The summed E-state index contributed by atoms with van der Waals surface area (Å²) in [7, 11) is 0. The average Bonchev–Trinajstić information content (AvgIpc) is 2.27. The second kappa shape index (κ2) is 2.51. The molecule has 0 radical (unpaired) electrons. The van der Waals surface area contributed by atoms with Gasteiger partial charge in [-0.15, -0.1) is 0 Å². The van der Waals surface area contributed by atoms with Crippen molar-refractivity contribution in [3.8, 4) is 0 Å². The van der Waals surface area contributed by atoms with E-state index >= 15 is 0 Å². The molecule has 2 aliphatic carbocycles. The fourth-order valence-electron chi connectivity index (χ4n) is 2.34. The monoisotopic (exact) mass is 148 g/mol. The van der Waals surface area contributed by atoms with E-state index in [-0.39, 0.29) is 0 Å². The minimum Gasteiger partial charge on any atom is -0.0814 e. The van der Waals surface area contributed by atoms with Gasteiger partial charge < -0.3 is 0 Å². The largest absolute Gasteiger partial charge is 0.0814 e. The van der Waals surface area contributed by atoms with E-state index in [1.165, 1.54) is 12.8 Å². The maximum absolute atomic E-state index is 2.44. The Morgan fingerprint density at radius 2 is 1.91 bits per heavy atom. The number of hydrogen-bond acceptors (Lipinski definition) is 0. The molecule has 0 fully saturated rings. The highest BCUT2D eigenvalue weighted by Gasteiger charge is 2.25. The average molecular weight is 148 g/mol. The highest BCUT2D eigenvalue weighted by molar-refractivity contribution is 5.29. The summed E-state index contributed by atoms with van der Waals surface area (Å²) in [5.74, 6) is 2.53. The van der Waals surface area contributed by atoms with Gasteiger partial charge in [-0.2, -0.15) is 0 Å². The molecular weight excluding hydrogens is 132 g/mol. The molecule has 0 amide bonds. The Balaban J connectivity index is 2.19. The van der Waals surface area contributed by atoms with Crippen molar-refractivity contribution in [1.82, 2.24) is 0 Å². The van der Waals surface area contributed by atoms with Crippen LogP contribution in [0.15, 0.2) is 23.8 Å². The van der Waals surface area contributed by atoms with Crippen LogP contribution in [0.4, 0.5) is 0 Å². The minimum absolute atomic E-state index is 0.808. The van der Waals surface area contributed by atoms with Crippen LogP contribution in [-0.2, 0) is 0 Å². The van der Waals surface area contributed by atoms with E-state index in [9.17, 15) is 0 Å². The van der Waals surface area contributed by atoms with Gasteiger partial charge in [0, 0.05) is 0 Å². The first-order chi connectivity index (χ1) is 5.25. The fourth-order valence-corrected chi connectivity index (χ4v) is 2.34. The summed E-state index contributed by atoms with van der Waals surface area (Å²) in [4.78, 5) is 0. The molecule has 0 aliphatic heterocycles. The highest BCUT2D eigenvalue weighted by atomic mass is 14.3. The standard InChI is InChI=1S/C11H16/c1-8-3-4-10-6-9(2)7-11(10)5-8/h3-4,6,8-9,11H,5,7H2,1-2H3/t8?,9-,11?/m0/s1. The number of allylic oxidation sites excluding steroid dienone is 4. The maximum Gasteiger partial charge on any atom is -0.0154 e. The van der Waals surface area contributed by atoms with E-state index in [0.717, 1.165) is 17.8 Å². The van der Waals surface area contributed by atoms with Crippen LogP contribution < -0.4 is 0 Å². The molecule has 0 saturated carbocycles. The summed E-state index contributed by atoms with van der Waals surface area (Å²) in [5, 5.41) is 0. The van der Waals surface area contributed by atoms with Gasteiger partial charge in [-0.3, -0.25) is 0 Å². The Bertz CT molecular complexity index is 210. The lowest BCUT2D eigenvalue weighted by Gasteiger charge is -2.20. The van der Waals surface area contributed by atoms with E-state index in [1.54, 1.807) is 5.57 Å². The zero-order valence-electron chi connectivity index (χ0n) is 7.38. The summed E-state index contributed by atoms with van der Waals surface area (Å²) >= 11 is 0. The van der Waals surface area contributed by atoms with Crippen LogP contribution in [0.1, 0.15) is 26.7 Å². The molecule has 11 heavy (non-hydrogen) atoms. The Kier molecular flexibility index (Phi) is 1.63. The fraction of sp³-hybridized carbons (Fsp3) is 0.636. The molecule has 2 aliphatic rings. The van der Waals surface area contributed by atoms with Gasteiger partial charge in [0.05, 0.1) is 0 Å². The normalized spacial score (nSPS) is 42.0. The summed E-state index contributed by atoms with van der Waals surface area (Å²) in [5.41, 5.74) is 1.61. The Labute approximate surface area is 69.0 Å². The smallest absolute Gasteiger partial charge is 0.0154 e. The molecule has 0 spiro atoms. The van der Waals surface area contributed by atoms with Crippen LogP contribution in [0.3, 0.4) is 0 Å². The predicted octanol–water partition coefficient (Wildman–Crippen LogP) is 3.16. The van der Waals surface area contributed by atoms with Gasteiger partial charge in [-0.25, -0.2) is 0 Å². The molecule has 0 bridgehead atoms. The molecule has 0 aromatic carbocycles. The van der Waals surface area contributed by atoms with Gasteiger partial charge in [0.25, 0.3) is 0 Å². The lowest BCUT2D eigenvalue weighted by Crippen LogP contribution is -2.08. The first-order valence-corrected chi connectivity index (χ1v) is 4.65. The second-order valence-corrected chi connectivity index (χ2v) is 4.15. The van der Waals surface area contributed by atoms with Crippen molar-refractivity contribution in [2.75, 3.05) is 0 Å². The highest BCUT2D eigenvalue weighted by Crippen LogP contribution is 2.38. The third-order valence-electron chi connectivity index (χ3n) is 2.88. The summed E-state index contributed by atoms with van der Waals surface area (Å²) in [6, 6.07) is 0. The van der Waals surface area contributed by atoms with Crippen molar-refractivity contribution < 1.29 is 0 Å². The van der Waals surface area contributed by atoms with Gasteiger partial charge >= 0.3 is 0 Å². The molecule has 2 rings (SSSR count). The summed E-state index contributed by atoms with van der Waals surface area (Å²) in [6.45, 7) is 4.64. The molecule has 3 atom stereocenters. The van der Waals surface area contributed by atoms with Crippen LogP contribution in [0.2, 0.25) is 0 Å². The van der Waals surface area contributed by atoms with E-state index in [2.05, 4.69) is 32.1 Å². The van der Waals surface area contributed by atoms with Gasteiger partial charge in [0.15, 0.2) is 0 Å². The van der Waals surface area contributed by atoms with Crippen LogP contribution >= 0.6 is 0 Å². The molecule has 0 saturated heterocycles. The number of rotatable bonds is 0. The quantitative estimate of drug-likeness (QED) is 0.495. The van der Waals surface area contributed by atoms with Crippen molar-refractivity contribution in [1.29, 1.82) is 0 Å². The molecule has 60 valence electrons. The van der Waals surface area contributed by atoms with Crippen LogP contribution in [0.25, 0.3) is 0 Å². The third-order valence-corrected chi connectivity index (χ3v) is 2.88. The van der Waals surface area contributed by atoms with Crippen LogP contribution in [-0.4, -0.2) is 0 Å². The van der Waals surface area contributed by atoms with Gasteiger partial charge in [0.1, 0.15) is 0 Å². The van der Waals surface area contributed by atoms with E-state index in [4.69, 9.17) is 0 Å². The molecule has 2 unspecified atom stereocenters. The lowest BCUT2D eigenvalue weighted by atomic mass is 9.85.